The van der Waals surface area contributed by atoms with Crippen molar-refractivity contribution in [2.24, 2.45) is 4.99 Å². The summed E-state index contributed by atoms with van der Waals surface area (Å²) < 4.78 is 1.00. The Bertz CT molecular complexity index is 941. The van der Waals surface area contributed by atoms with Gasteiger partial charge in [-0.1, -0.05) is 0 Å². The summed E-state index contributed by atoms with van der Waals surface area (Å²) in [4.78, 5) is 16.7. The quantitative estimate of drug-likeness (QED) is 0.715. The highest BCUT2D eigenvalue weighted by atomic mass is 79.9. The number of nitrogens with one attached hydrogen (secondary N) is 2. The molecule has 114 valence electrons. The summed E-state index contributed by atoms with van der Waals surface area (Å²) in [6, 6.07) is 2.01. The van der Waals surface area contributed by atoms with Gasteiger partial charge in [0.15, 0.2) is 0 Å². The molecule has 1 saturated carbocycles. The van der Waals surface area contributed by atoms with E-state index >= 15 is 0 Å². The zero-order valence-corrected chi connectivity index (χ0v) is 13.8. The van der Waals surface area contributed by atoms with Crippen molar-refractivity contribution in [1.29, 1.82) is 0 Å². The number of fused-ring (bicyclic) bond motifs is 2. The topological polar surface area (TPSA) is 66.0 Å². The van der Waals surface area contributed by atoms with Crippen LogP contribution in [-0.2, 0) is 0 Å². The Morgan fingerprint density at radius 2 is 2.09 bits per heavy atom. The van der Waals surface area contributed by atoms with Gasteiger partial charge < -0.3 is 10.3 Å². The number of anilines is 1. The number of pyridine rings is 2. The van der Waals surface area contributed by atoms with E-state index in [4.69, 9.17) is 4.99 Å². The second-order valence-electron chi connectivity index (χ2n) is 6.05. The Kier molecular flexibility index (Phi) is 2.82. The summed E-state index contributed by atoms with van der Waals surface area (Å²) in [7, 11) is 0. The van der Waals surface area contributed by atoms with Crippen molar-refractivity contribution in [2.45, 2.75) is 24.9 Å². The van der Waals surface area contributed by atoms with Gasteiger partial charge in [0.1, 0.15) is 11.8 Å². The monoisotopic (exact) mass is 367 g/mol. The van der Waals surface area contributed by atoms with Crippen molar-refractivity contribution in [3.8, 4) is 0 Å². The first-order chi connectivity index (χ1) is 11.3. The van der Waals surface area contributed by atoms with Crippen LogP contribution in [0.25, 0.3) is 11.0 Å². The summed E-state index contributed by atoms with van der Waals surface area (Å²) in [5.41, 5.74) is 5.53. The highest BCUT2D eigenvalue weighted by Crippen LogP contribution is 2.43. The highest BCUT2D eigenvalue weighted by Gasteiger charge is 2.29. The third kappa shape index (κ3) is 2.09. The van der Waals surface area contributed by atoms with E-state index < -0.39 is 0 Å². The molecule has 0 spiro atoms. The number of hydrogen-bond donors (Lipinski definition) is 2. The Balaban J connectivity index is 1.60. The molecule has 0 saturated heterocycles. The number of hydrogen-bond acceptors (Lipinski definition) is 4. The zero-order valence-electron chi connectivity index (χ0n) is 12.3. The van der Waals surface area contributed by atoms with Gasteiger partial charge in [-0.3, -0.25) is 9.98 Å². The van der Waals surface area contributed by atoms with Gasteiger partial charge in [0.2, 0.25) is 0 Å². The van der Waals surface area contributed by atoms with Crippen molar-refractivity contribution < 1.29 is 0 Å². The third-order valence-electron chi connectivity index (χ3n) is 4.53. The normalized spacial score (nSPS) is 19.6. The molecular weight excluding hydrogens is 354 g/mol. The smallest absolute Gasteiger partial charge is 0.145 e. The van der Waals surface area contributed by atoms with Gasteiger partial charge in [0.05, 0.1) is 11.9 Å². The van der Waals surface area contributed by atoms with Crippen LogP contribution in [0, 0.1) is 0 Å². The van der Waals surface area contributed by atoms with Crippen LogP contribution < -0.4 is 5.32 Å². The van der Waals surface area contributed by atoms with E-state index in [2.05, 4.69) is 36.2 Å². The van der Waals surface area contributed by atoms with Gasteiger partial charge in [-0.25, -0.2) is 4.98 Å². The fraction of sp³-hybridized carbons (Fsp3) is 0.235. The maximum absolute atomic E-state index is 4.76. The van der Waals surface area contributed by atoms with E-state index in [9.17, 15) is 0 Å². The van der Waals surface area contributed by atoms with Gasteiger partial charge in [0, 0.05) is 45.8 Å². The van der Waals surface area contributed by atoms with Crippen molar-refractivity contribution >= 4 is 38.9 Å². The first kappa shape index (κ1) is 13.2. The first-order valence-electron chi connectivity index (χ1n) is 7.70. The Labute approximate surface area is 141 Å². The predicted octanol–water partition coefficient (Wildman–Crippen LogP) is 4.14. The lowest BCUT2D eigenvalue weighted by Gasteiger charge is -2.23. The van der Waals surface area contributed by atoms with E-state index in [1.807, 2.05) is 37.1 Å². The van der Waals surface area contributed by atoms with Crippen molar-refractivity contribution in [3.05, 3.63) is 52.0 Å². The summed E-state index contributed by atoms with van der Waals surface area (Å²) in [5.74, 6) is 0.661. The van der Waals surface area contributed by atoms with Gasteiger partial charge in [-0.2, -0.15) is 0 Å². The molecule has 0 aromatic carbocycles. The molecule has 5 nitrogen and oxygen atoms in total. The molecule has 1 unspecified atom stereocenters. The molecule has 3 aromatic rings. The first-order valence-corrected chi connectivity index (χ1v) is 8.49. The third-order valence-corrected chi connectivity index (χ3v) is 5.16. The zero-order chi connectivity index (χ0) is 15.4. The van der Waals surface area contributed by atoms with Crippen molar-refractivity contribution in [1.82, 2.24) is 15.0 Å². The summed E-state index contributed by atoms with van der Waals surface area (Å²) in [5, 5.41) is 4.59. The lowest BCUT2D eigenvalue weighted by Crippen LogP contribution is -2.16. The predicted molar refractivity (Wildman–Crippen MR) is 94.0 cm³/mol. The summed E-state index contributed by atoms with van der Waals surface area (Å²) in [6.07, 6.45) is 12.0. The van der Waals surface area contributed by atoms with E-state index in [1.165, 1.54) is 24.0 Å². The second kappa shape index (κ2) is 4.89. The van der Waals surface area contributed by atoms with Crippen LogP contribution >= 0.6 is 15.9 Å². The Morgan fingerprint density at radius 3 is 2.96 bits per heavy atom. The minimum atomic E-state index is -0.128. The molecule has 5 rings (SSSR count). The van der Waals surface area contributed by atoms with Crippen LogP contribution in [0.5, 0.6) is 0 Å². The SMILES string of the molecule is Brc1c[nH]c2nccc(C3N=Cc4c(cncc4C4CC4)N3)c12. The average Bonchev–Trinajstić information content (AvgIpc) is 3.37. The lowest BCUT2D eigenvalue weighted by atomic mass is 10.0. The standard InChI is InChI=1S/C17H14BrN5/c18-13-7-22-17-15(13)10(3-4-20-17)16-21-6-12-11(9-1-2-9)5-19-8-14(12)23-16/h3-9,16,23H,1-2H2,(H,20,22). The Morgan fingerprint density at radius 1 is 1.17 bits per heavy atom. The minimum absolute atomic E-state index is 0.128. The summed E-state index contributed by atoms with van der Waals surface area (Å²) >= 11 is 3.59. The van der Waals surface area contributed by atoms with Crippen molar-refractivity contribution in [3.63, 3.8) is 0 Å². The van der Waals surface area contributed by atoms with Gasteiger partial charge in [0.25, 0.3) is 0 Å². The van der Waals surface area contributed by atoms with Crippen LogP contribution in [0.4, 0.5) is 5.69 Å². The van der Waals surface area contributed by atoms with Gasteiger partial charge >= 0.3 is 0 Å². The number of aliphatic imine (C=N–C) groups is 1. The number of halogens is 1. The lowest BCUT2D eigenvalue weighted by molar-refractivity contribution is 0.835. The van der Waals surface area contributed by atoms with Crippen LogP contribution in [-0.4, -0.2) is 21.2 Å². The molecule has 0 bridgehead atoms. The molecule has 2 aliphatic rings. The highest BCUT2D eigenvalue weighted by molar-refractivity contribution is 9.10. The molecule has 1 aliphatic heterocycles. The number of H-pyrrole nitrogens is 1. The van der Waals surface area contributed by atoms with Gasteiger partial charge in [-0.15, -0.1) is 0 Å². The maximum Gasteiger partial charge on any atom is 0.145 e. The molecule has 4 heterocycles. The molecule has 23 heavy (non-hydrogen) atoms. The molecule has 0 amide bonds. The number of aromatic nitrogens is 3. The number of aromatic amines is 1. The molecule has 2 N–H and O–H groups in total. The number of nitrogens with zero attached hydrogens (tertiary/aromatic N) is 3. The molecule has 1 aliphatic carbocycles. The summed E-state index contributed by atoms with van der Waals surface area (Å²) in [6.45, 7) is 0. The molecule has 0 radical (unpaired) electrons. The number of rotatable bonds is 2. The van der Waals surface area contributed by atoms with E-state index in [1.54, 1.807) is 0 Å². The van der Waals surface area contributed by atoms with Crippen LogP contribution in [0.1, 0.15) is 41.6 Å². The fourth-order valence-corrected chi connectivity index (χ4v) is 3.76. The molecule has 1 atom stereocenters. The van der Waals surface area contributed by atoms with E-state index in [-0.39, 0.29) is 6.17 Å². The molecule has 6 heteroatoms. The van der Waals surface area contributed by atoms with Crippen LogP contribution in [0.3, 0.4) is 0 Å². The fourth-order valence-electron chi connectivity index (χ4n) is 3.23. The molecule has 3 aromatic heterocycles. The van der Waals surface area contributed by atoms with Crippen LogP contribution in [0.2, 0.25) is 0 Å². The second-order valence-corrected chi connectivity index (χ2v) is 6.90. The van der Waals surface area contributed by atoms with Gasteiger partial charge in [-0.05, 0) is 46.3 Å². The molecular formula is C17H14BrN5. The van der Waals surface area contributed by atoms with Crippen LogP contribution in [0.15, 0.2) is 40.3 Å². The average molecular weight is 368 g/mol. The largest absolute Gasteiger partial charge is 0.358 e. The molecule has 1 fully saturated rings. The minimum Gasteiger partial charge on any atom is -0.358 e. The maximum atomic E-state index is 4.76. The Hall–Kier alpha value is -2.21. The van der Waals surface area contributed by atoms with E-state index in [0.29, 0.717) is 5.92 Å². The van der Waals surface area contributed by atoms with E-state index in [0.717, 1.165) is 26.8 Å². The van der Waals surface area contributed by atoms with Crippen molar-refractivity contribution in [2.75, 3.05) is 5.32 Å².